The molecule has 10 aromatic rings. The van der Waals surface area contributed by atoms with E-state index < -0.39 is 0 Å². The maximum absolute atomic E-state index is 7.84. The molecular formula is C48H28N2. The topological polar surface area (TPSA) is 17.2 Å². The Kier molecular flexibility index (Phi) is 6.28. The number of hydrogen-bond acceptors (Lipinski definition) is 1. The molecule has 0 unspecified atom stereocenters. The largest absolute Gasteiger partial charge is 0.247 e. The summed E-state index contributed by atoms with van der Waals surface area (Å²) >= 11 is 0. The molecule has 0 fully saturated rings. The molecule has 10 rings (SSSR count). The molecule has 0 saturated heterocycles. The Hall–Kier alpha value is -6.82. The van der Waals surface area contributed by atoms with E-state index in [1.165, 1.54) is 54.4 Å². The van der Waals surface area contributed by atoms with E-state index in [1.807, 2.05) is 12.1 Å². The van der Waals surface area contributed by atoms with Gasteiger partial charge in [0.25, 0.3) is 0 Å². The van der Waals surface area contributed by atoms with Crippen LogP contribution >= 0.6 is 0 Å². The highest BCUT2D eigenvalue weighted by molar-refractivity contribution is 6.30. The van der Waals surface area contributed by atoms with Gasteiger partial charge in [0.1, 0.15) is 0 Å². The van der Waals surface area contributed by atoms with Crippen molar-refractivity contribution >= 4 is 70.5 Å². The van der Waals surface area contributed by atoms with E-state index in [4.69, 9.17) is 11.6 Å². The molecular weight excluding hydrogens is 605 g/mol. The Balaban J connectivity index is 1.40. The molecule has 2 nitrogen and oxygen atoms in total. The summed E-state index contributed by atoms with van der Waals surface area (Å²) in [7, 11) is 0. The summed E-state index contributed by atoms with van der Waals surface area (Å²) in [6.07, 6.45) is 0. The van der Waals surface area contributed by atoms with Crippen LogP contribution in [0.4, 0.5) is 5.69 Å². The number of nitrogens with zero attached hydrogens (tertiary/aromatic N) is 2. The van der Waals surface area contributed by atoms with Gasteiger partial charge in [-0.2, -0.15) is 0 Å². The number of para-hydroxylation sites is 1. The number of benzene rings is 9. The van der Waals surface area contributed by atoms with Gasteiger partial charge in [0.05, 0.1) is 17.8 Å². The third-order valence-electron chi connectivity index (χ3n) is 10.2. The van der Waals surface area contributed by atoms with E-state index in [9.17, 15) is 0 Å². The van der Waals surface area contributed by atoms with Crippen LogP contribution in [-0.2, 0) is 0 Å². The lowest BCUT2D eigenvalue weighted by Gasteiger charge is -2.21. The van der Waals surface area contributed by atoms with Crippen molar-refractivity contribution in [1.82, 2.24) is 4.98 Å². The number of pyridine rings is 1. The summed E-state index contributed by atoms with van der Waals surface area (Å²) < 4.78 is 0. The molecule has 50 heavy (non-hydrogen) atoms. The third kappa shape index (κ3) is 4.11. The predicted octanol–water partition coefficient (Wildman–Crippen LogP) is 13.6. The molecule has 0 saturated carbocycles. The summed E-state index contributed by atoms with van der Waals surface area (Å²) in [5.74, 6) is 0. The maximum Gasteiger partial charge on any atom is 0.194 e. The number of fused-ring (bicyclic) bond motifs is 8. The van der Waals surface area contributed by atoms with Gasteiger partial charge in [0.2, 0.25) is 0 Å². The minimum absolute atomic E-state index is 0.674. The van der Waals surface area contributed by atoms with Crippen molar-refractivity contribution in [3.05, 3.63) is 181 Å². The molecule has 2 heteroatoms. The SMILES string of the molecule is [C-]#[N+]c1ccc(-c2c3ccccc3c(-c3cc4c(-c5ccccc5)nc5ccccc5c4c4ccccc34)c3ccccc23)c2ccccc12. The second-order valence-electron chi connectivity index (χ2n) is 12.9. The highest BCUT2D eigenvalue weighted by Crippen LogP contribution is 2.49. The first-order valence-electron chi connectivity index (χ1n) is 16.9. The summed E-state index contributed by atoms with van der Waals surface area (Å²) in [5, 5.41) is 12.8. The molecule has 0 aliphatic heterocycles. The average molecular weight is 633 g/mol. The molecule has 1 heterocycles. The number of rotatable bonds is 3. The van der Waals surface area contributed by atoms with Gasteiger partial charge in [-0.3, -0.25) is 0 Å². The minimum atomic E-state index is 0.674. The molecule has 0 radical (unpaired) electrons. The van der Waals surface area contributed by atoms with Gasteiger partial charge in [0, 0.05) is 21.7 Å². The Bertz CT molecular complexity index is 2980. The zero-order valence-electron chi connectivity index (χ0n) is 27.1. The van der Waals surface area contributed by atoms with Crippen molar-refractivity contribution in [2.45, 2.75) is 0 Å². The average Bonchev–Trinajstić information content (AvgIpc) is 3.19. The van der Waals surface area contributed by atoms with Gasteiger partial charge in [0.15, 0.2) is 5.69 Å². The van der Waals surface area contributed by atoms with Gasteiger partial charge in [-0.1, -0.05) is 158 Å². The number of aromatic nitrogens is 1. The van der Waals surface area contributed by atoms with E-state index in [-0.39, 0.29) is 0 Å². The summed E-state index contributed by atoms with van der Waals surface area (Å²) in [6, 6.07) is 60.4. The van der Waals surface area contributed by atoms with Crippen LogP contribution in [0, 0.1) is 6.57 Å². The van der Waals surface area contributed by atoms with Crippen molar-refractivity contribution in [2.24, 2.45) is 0 Å². The molecule has 0 amide bonds. The summed E-state index contributed by atoms with van der Waals surface area (Å²) in [5.41, 5.74) is 8.49. The van der Waals surface area contributed by atoms with Crippen molar-refractivity contribution in [1.29, 1.82) is 0 Å². The fourth-order valence-corrected chi connectivity index (χ4v) is 8.15. The lowest BCUT2D eigenvalue weighted by atomic mass is 9.82. The van der Waals surface area contributed by atoms with Crippen molar-refractivity contribution in [3.8, 4) is 33.5 Å². The molecule has 9 aromatic carbocycles. The lowest BCUT2D eigenvalue weighted by Crippen LogP contribution is -1.95. The van der Waals surface area contributed by atoms with Gasteiger partial charge >= 0.3 is 0 Å². The van der Waals surface area contributed by atoms with Crippen molar-refractivity contribution in [3.63, 3.8) is 0 Å². The van der Waals surface area contributed by atoms with E-state index in [2.05, 4.69) is 163 Å². The highest BCUT2D eigenvalue weighted by Gasteiger charge is 2.22. The quantitative estimate of drug-likeness (QED) is 0.108. The van der Waals surface area contributed by atoms with Crippen LogP contribution in [-0.4, -0.2) is 4.98 Å². The van der Waals surface area contributed by atoms with Gasteiger partial charge in [-0.25, -0.2) is 9.83 Å². The predicted molar refractivity (Wildman–Crippen MR) is 212 cm³/mol. The normalized spacial score (nSPS) is 11.6. The molecule has 0 aliphatic carbocycles. The molecule has 0 spiro atoms. The second kappa shape index (κ2) is 11.1. The van der Waals surface area contributed by atoms with E-state index >= 15 is 0 Å². The Morgan fingerprint density at radius 3 is 1.48 bits per heavy atom. The summed E-state index contributed by atoms with van der Waals surface area (Å²) in [4.78, 5) is 9.17. The van der Waals surface area contributed by atoms with Crippen LogP contribution in [0.15, 0.2) is 170 Å². The third-order valence-corrected chi connectivity index (χ3v) is 10.2. The van der Waals surface area contributed by atoms with Crippen molar-refractivity contribution in [2.75, 3.05) is 0 Å². The van der Waals surface area contributed by atoms with Crippen LogP contribution in [0.5, 0.6) is 0 Å². The van der Waals surface area contributed by atoms with Crippen molar-refractivity contribution < 1.29 is 0 Å². The van der Waals surface area contributed by atoms with Crippen LogP contribution in [0.1, 0.15) is 0 Å². The summed E-state index contributed by atoms with van der Waals surface area (Å²) in [6.45, 7) is 7.84. The molecule has 230 valence electrons. The van der Waals surface area contributed by atoms with Gasteiger partial charge in [-0.05, 0) is 77.5 Å². The first kappa shape index (κ1) is 28.2. The fourth-order valence-electron chi connectivity index (χ4n) is 8.15. The standard InChI is InChI=1S/C48H28N2/c1-49-43-28-27-39(31-17-5-7-19-33(31)43)45-35-21-9-11-23-37(35)46(38-24-12-10-22-36(38)45)41-29-42-47(34-20-8-6-18-32(34)41)40-25-13-14-26-44(40)50-48(42)30-15-3-2-4-16-30/h2-29H. The van der Waals surface area contributed by atoms with Gasteiger partial charge < -0.3 is 0 Å². The molecule has 0 bridgehead atoms. The Morgan fingerprint density at radius 1 is 0.380 bits per heavy atom. The lowest BCUT2D eigenvalue weighted by molar-refractivity contribution is 1.43. The first-order chi connectivity index (χ1) is 24.8. The smallest absolute Gasteiger partial charge is 0.194 e. The minimum Gasteiger partial charge on any atom is -0.247 e. The monoisotopic (exact) mass is 632 g/mol. The van der Waals surface area contributed by atoms with E-state index in [1.54, 1.807) is 0 Å². The van der Waals surface area contributed by atoms with Crippen LogP contribution in [0.25, 0.3) is 103 Å². The molecule has 0 N–H and O–H groups in total. The molecule has 0 atom stereocenters. The zero-order chi connectivity index (χ0) is 33.2. The number of hydrogen-bond donors (Lipinski definition) is 0. The maximum atomic E-state index is 7.84. The fraction of sp³-hybridized carbons (Fsp3) is 0. The first-order valence-corrected chi connectivity index (χ1v) is 16.9. The van der Waals surface area contributed by atoms with Gasteiger partial charge in [-0.15, -0.1) is 0 Å². The van der Waals surface area contributed by atoms with Crippen LogP contribution in [0.2, 0.25) is 0 Å². The Morgan fingerprint density at radius 2 is 0.860 bits per heavy atom. The second-order valence-corrected chi connectivity index (χ2v) is 12.9. The Labute approximate surface area is 289 Å². The van der Waals surface area contributed by atoms with Crippen LogP contribution < -0.4 is 0 Å². The zero-order valence-corrected chi connectivity index (χ0v) is 27.1. The van der Waals surface area contributed by atoms with Crippen LogP contribution in [0.3, 0.4) is 0 Å². The van der Waals surface area contributed by atoms with E-state index in [0.717, 1.165) is 43.9 Å². The molecule has 0 aliphatic rings. The highest BCUT2D eigenvalue weighted by atomic mass is 14.7. The molecule has 1 aromatic heterocycles. The van der Waals surface area contributed by atoms with E-state index in [0.29, 0.717) is 5.69 Å².